The van der Waals surface area contributed by atoms with Crippen LogP contribution in [0.3, 0.4) is 0 Å². The van der Waals surface area contributed by atoms with E-state index in [2.05, 4.69) is 44.9 Å². The maximum atomic E-state index is 11.8. The topological polar surface area (TPSA) is 83.5 Å². The van der Waals surface area contributed by atoms with Crippen LogP contribution < -0.4 is 10.6 Å². The predicted molar refractivity (Wildman–Crippen MR) is 123 cm³/mol. The molecule has 3 aromatic rings. The summed E-state index contributed by atoms with van der Waals surface area (Å²) < 4.78 is 23.6. The van der Waals surface area contributed by atoms with Crippen LogP contribution in [0.4, 0.5) is 0 Å². The van der Waals surface area contributed by atoms with Gasteiger partial charge in [0.15, 0.2) is 15.8 Å². The molecular weight excluding hydrogens is 396 g/mol. The standard InChI is InChI=1S/C23H28N4O2S/c1-4-24-23(27-16-18-10-11-21(17(2)15-18)30(3,28)29)26-14-12-20-8-5-7-19-9-6-13-25-22(19)20/h5-11,13,15H,4,12,14,16H2,1-3H3,(H2,24,26,27). The molecule has 0 fully saturated rings. The van der Waals surface area contributed by atoms with Gasteiger partial charge in [-0.1, -0.05) is 36.4 Å². The van der Waals surface area contributed by atoms with Crippen LogP contribution in [0, 0.1) is 6.92 Å². The molecule has 0 bridgehead atoms. The zero-order valence-corrected chi connectivity index (χ0v) is 18.5. The van der Waals surface area contributed by atoms with Crippen molar-refractivity contribution in [2.75, 3.05) is 19.3 Å². The van der Waals surface area contributed by atoms with Gasteiger partial charge in [0.25, 0.3) is 0 Å². The molecule has 0 aliphatic carbocycles. The van der Waals surface area contributed by atoms with Gasteiger partial charge in [0, 0.05) is 30.9 Å². The van der Waals surface area contributed by atoms with Crippen molar-refractivity contribution in [3.8, 4) is 0 Å². The second kappa shape index (κ2) is 9.71. The number of hydrogen-bond donors (Lipinski definition) is 2. The van der Waals surface area contributed by atoms with Gasteiger partial charge in [-0.05, 0) is 49.1 Å². The highest BCUT2D eigenvalue weighted by molar-refractivity contribution is 7.90. The molecule has 1 aromatic heterocycles. The van der Waals surface area contributed by atoms with Crippen molar-refractivity contribution in [1.82, 2.24) is 15.6 Å². The highest BCUT2D eigenvalue weighted by Gasteiger charge is 2.10. The van der Waals surface area contributed by atoms with E-state index in [9.17, 15) is 8.42 Å². The lowest BCUT2D eigenvalue weighted by molar-refractivity contribution is 0.601. The summed E-state index contributed by atoms with van der Waals surface area (Å²) in [5.74, 6) is 0.732. The molecule has 30 heavy (non-hydrogen) atoms. The number of pyridine rings is 1. The molecule has 0 saturated carbocycles. The number of aryl methyl sites for hydroxylation is 1. The molecule has 0 unspecified atom stereocenters. The minimum atomic E-state index is -3.21. The van der Waals surface area contributed by atoms with E-state index in [1.54, 1.807) is 6.07 Å². The predicted octanol–water partition coefficient (Wildman–Crippen LogP) is 3.24. The van der Waals surface area contributed by atoms with Gasteiger partial charge in [0.1, 0.15) is 0 Å². The number of hydrogen-bond acceptors (Lipinski definition) is 4. The lowest BCUT2D eigenvalue weighted by Crippen LogP contribution is -2.38. The Kier molecular flexibility index (Phi) is 7.05. The second-order valence-corrected chi connectivity index (χ2v) is 9.22. The fourth-order valence-corrected chi connectivity index (χ4v) is 4.38. The van der Waals surface area contributed by atoms with Crippen molar-refractivity contribution < 1.29 is 8.42 Å². The monoisotopic (exact) mass is 424 g/mol. The van der Waals surface area contributed by atoms with Crippen LogP contribution in [-0.4, -0.2) is 38.7 Å². The number of aliphatic imine (C=N–C) groups is 1. The van der Waals surface area contributed by atoms with Crippen LogP contribution >= 0.6 is 0 Å². The summed E-state index contributed by atoms with van der Waals surface area (Å²) in [4.78, 5) is 9.51. The van der Waals surface area contributed by atoms with Crippen LogP contribution in [0.15, 0.2) is 64.6 Å². The Bertz CT molecular complexity index is 1150. The number of nitrogens with zero attached hydrogens (tertiary/aromatic N) is 2. The van der Waals surface area contributed by atoms with Gasteiger partial charge in [-0.15, -0.1) is 0 Å². The Labute approximate surface area is 178 Å². The molecule has 0 spiro atoms. The summed E-state index contributed by atoms with van der Waals surface area (Å²) in [7, 11) is -3.21. The third-order valence-corrected chi connectivity index (χ3v) is 6.06. The maximum Gasteiger partial charge on any atom is 0.191 e. The molecule has 0 aliphatic heterocycles. The van der Waals surface area contributed by atoms with Gasteiger partial charge >= 0.3 is 0 Å². The van der Waals surface area contributed by atoms with Crippen LogP contribution in [0.5, 0.6) is 0 Å². The van der Waals surface area contributed by atoms with E-state index in [0.717, 1.165) is 47.5 Å². The minimum absolute atomic E-state index is 0.365. The normalized spacial score (nSPS) is 12.2. The zero-order valence-electron chi connectivity index (χ0n) is 17.6. The number of para-hydroxylation sites is 1. The fourth-order valence-electron chi connectivity index (χ4n) is 3.42. The van der Waals surface area contributed by atoms with Crippen molar-refractivity contribution in [2.24, 2.45) is 4.99 Å². The Hall–Kier alpha value is -2.93. The Morgan fingerprint density at radius 3 is 2.63 bits per heavy atom. The third-order valence-electron chi connectivity index (χ3n) is 4.81. The number of sulfone groups is 1. The molecule has 2 aromatic carbocycles. The zero-order chi connectivity index (χ0) is 21.6. The molecule has 158 valence electrons. The summed E-state index contributed by atoms with van der Waals surface area (Å²) in [6.45, 7) is 5.79. The van der Waals surface area contributed by atoms with Crippen LogP contribution in [-0.2, 0) is 22.8 Å². The SMILES string of the molecule is CCNC(=NCc1ccc(S(C)(=O)=O)c(C)c1)NCCc1cccc2cccnc12. The van der Waals surface area contributed by atoms with Crippen LogP contribution in [0.1, 0.15) is 23.6 Å². The van der Waals surface area contributed by atoms with Gasteiger partial charge in [0.2, 0.25) is 0 Å². The maximum absolute atomic E-state index is 11.8. The van der Waals surface area contributed by atoms with E-state index in [-0.39, 0.29) is 0 Å². The molecule has 3 rings (SSSR count). The molecule has 0 atom stereocenters. The van der Waals surface area contributed by atoms with Gasteiger partial charge < -0.3 is 10.6 Å². The Morgan fingerprint density at radius 1 is 1.10 bits per heavy atom. The Morgan fingerprint density at radius 2 is 1.90 bits per heavy atom. The highest BCUT2D eigenvalue weighted by Crippen LogP contribution is 2.17. The van der Waals surface area contributed by atoms with Gasteiger partial charge in [-0.3, -0.25) is 4.98 Å². The van der Waals surface area contributed by atoms with Crippen molar-refractivity contribution >= 4 is 26.7 Å². The van der Waals surface area contributed by atoms with Crippen molar-refractivity contribution in [1.29, 1.82) is 0 Å². The summed E-state index contributed by atoms with van der Waals surface area (Å²) in [5, 5.41) is 7.77. The number of aromatic nitrogens is 1. The smallest absolute Gasteiger partial charge is 0.191 e. The van der Waals surface area contributed by atoms with Crippen LogP contribution in [0.2, 0.25) is 0 Å². The van der Waals surface area contributed by atoms with Crippen molar-refractivity contribution in [3.05, 3.63) is 71.4 Å². The second-order valence-electron chi connectivity index (χ2n) is 7.24. The average Bonchev–Trinajstić information content (AvgIpc) is 2.71. The van der Waals surface area contributed by atoms with E-state index in [4.69, 9.17) is 0 Å². The largest absolute Gasteiger partial charge is 0.357 e. The van der Waals surface area contributed by atoms with Gasteiger partial charge in [-0.25, -0.2) is 13.4 Å². The Balaban J connectivity index is 1.65. The van der Waals surface area contributed by atoms with Gasteiger partial charge in [0.05, 0.1) is 17.0 Å². The van der Waals surface area contributed by atoms with Gasteiger partial charge in [-0.2, -0.15) is 0 Å². The number of benzene rings is 2. The van der Waals surface area contributed by atoms with E-state index in [0.29, 0.717) is 11.4 Å². The molecule has 1 heterocycles. The molecule has 0 amide bonds. The average molecular weight is 425 g/mol. The molecule has 7 heteroatoms. The molecule has 0 aliphatic rings. The van der Waals surface area contributed by atoms with E-state index >= 15 is 0 Å². The first kappa shape index (κ1) is 21.8. The summed E-state index contributed by atoms with van der Waals surface area (Å²) in [5.41, 5.74) is 3.94. The summed E-state index contributed by atoms with van der Waals surface area (Å²) in [6, 6.07) is 15.6. The van der Waals surface area contributed by atoms with E-state index < -0.39 is 9.84 Å². The minimum Gasteiger partial charge on any atom is -0.357 e. The number of nitrogens with one attached hydrogen (secondary N) is 2. The first-order valence-corrected chi connectivity index (χ1v) is 11.9. The third kappa shape index (κ3) is 5.57. The summed E-state index contributed by atoms with van der Waals surface area (Å²) >= 11 is 0. The number of rotatable bonds is 7. The number of guanidine groups is 1. The van der Waals surface area contributed by atoms with Crippen molar-refractivity contribution in [2.45, 2.75) is 31.7 Å². The quantitative estimate of drug-likeness (QED) is 0.449. The van der Waals surface area contributed by atoms with E-state index in [1.807, 2.05) is 38.2 Å². The highest BCUT2D eigenvalue weighted by atomic mass is 32.2. The lowest BCUT2D eigenvalue weighted by Gasteiger charge is -2.12. The molecule has 0 saturated heterocycles. The van der Waals surface area contributed by atoms with E-state index in [1.165, 1.54) is 11.8 Å². The molecule has 0 radical (unpaired) electrons. The molecular formula is C23H28N4O2S. The fraction of sp³-hybridized carbons (Fsp3) is 0.304. The van der Waals surface area contributed by atoms with Crippen molar-refractivity contribution in [3.63, 3.8) is 0 Å². The summed E-state index contributed by atoms with van der Waals surface area (Å²) in [6.07, 6.45) is 3.88. The first-order chi connectivity index (χ1) is 14.4. The molecule has 2 N–H and O–H groups in total. The lowest BCUT2D eigenvalue weighted by atomic mass is 10.1. The number of fused-ring (bicyclic) bond motifs is 1. The first-order valence-electron chi connectivity index (χ1n) is 10.0. The van der Waals surface area contributed by atoms with Crippen LogP contribution in [0.25, 0.3) is 10.9 Å². The molecule has 6 nitrogen and oxygen atoms in total.